The monoisotopic (exact) mass is 403 g/mol. The van der Waals surface area contributed by atoms with Crippen molar-refractivity contribution < 1.29 is 9.59 Å². The number of hydrogen-bond acceptors (Lipinski definition) is 3. The fourth-order valence-corrected chi connectivity index (χ4v) is 4.53. The van der Waals surface area contributed by atoms with E-state index in [2.05, 4.69) is 5.32 Å². The average Bonchev–Trinajstić information content (AvgIpc) is 2.90. The first-order valence-corrected chi connectivity index (χ1v) is 10.9. The maximum Gasteiger partial charge on any atom is 0.293 e. The fourth-order valence-electron chi connectivity index (χ4n) is 4.53. The maximum absolute atomic E-state index is 13.1. The second kappa shape index (κ2) is 9.24. The number of nitrogens with one attached hydrogen (secondary N) is 1. The summed E-state index contributed by atoms with van der Waals surface area (Å²) >= 11 is 0. The Balaban J connectivity index is 1.58. The smallest absolute Gasteiger partial charge is 0.293 e. The number of amides is 2. The minimum atomic E-state index is -0.343. The lowest BCUT2D eigenvalue weighted by Gasteiger charge is -2.21. The van der Waals surface area contributed by atoms with Gasteiger partial charge in [-0.3, -0.25) is 14.6 Å². The van der Waals surface area contributed by atoms with Crippen molar-refractivity contribution in [2.75, 3.05) is 11.9 Å². The highest BCUT2D eigenvalue weighted by atomic mass is 16.2. The molecule has 1 aliphatic heterocycles. The van der Waals surface area contributed by atoms with Crippen LogP contribution in [0.1, 0.15) is 62.1 Å². The van der Waals surface area contributed by atoms with Crippen LogP contribution in [0, 0.1) is 5.92 Å². The number of nitrogens with zero attached hydrogens (tertiary/aromatic N) is 2. The molecule has 2 aliphatic rings. The summed E-state index contributed by atoms with van der Waals surface area (Å²) in [5, 5.41) is 2.83. The number of fused-ring (bicyclic) bond motifs is 1. The number of carbonyl (C=O) groups excluding carboxylic acids is 2. The van der Waals surface area contributed by atoms with E-state index in [-0.39, 0.29) is 23.7 Å². The van der Waals surface area contributed by atoms with Crippen LogP contribution in [-0.2, 0) is 9.59 Å². The molecule has 1 N–H and O–H groups in total. The van der Waals surface area contributed by atoms with Gasteiger partial charge in [-0.1, -0.05) is 80.6 Å². The number of carbonyl (C=O) groups is 2. The number of amidine groups is 1. The van der Waals surface area contributed by atoms with E-state index >= 15 is 0 Å². The summed E-state index contributed by atoms with van der Waals surface area (Å²) in [6.45, 7) is 0. The van der Waals surface area contributed by atoms with Gasteiger partial charge in [-0.05, 0) is 24.0 Å². The zero-order valence-electron chi connectivity index (χ0n) is 17.5. The van der Waals surface area contributed by atoms with Gasteiger partial charge in [0, 0.05) is 24.7 Å². The molecule has 2 aromatic rings. The lowest BCUT2D eigenvalue weighted by atomic mass is 9.86. The number of aliphatic imine (C=N–C) groups is 1. The first-order valence-electron chi connectivity index (χ1n) is 10.9. The van der Waals surface area contributed by atoms with Crippen LogP contribution in [0.25, 0.3) is 0 Å². The quantitative estimate of drug-likeness (QED) is 0.809. The number of rotatable bonds is 4. The third-order valence-electron chi connectivity index (χ3n) is 6.24. The molecule has 5 heteroatoms. The normalized spacial score (nSPS) is 19.6. The highest BCUT2D eigenvalue weighted by Gasteiger charge is 2.30. The largest absolute Gasteiger partial charge is 0.308 e. The van der Waals surface area contributed by atoms with Crippen LogP contribution in [0.3, 0.4) is 0 Å². The highest BCUT2D eigenvalue weighted by Crippen LogP contribution is 2.35. The van der Waals surface area contributed by atoms with Crippen molar-refractivity contribution >= 4 is 23.3 Å². The van der Waals surface area contributed by atoms with Crippen LogP contribution in [0.15, 0.2) is 59.6 Å². The van der Waals surface area contributed by atoms with Gasteiger partial charge < -0.3 is 10.2 Å². The molecule has 0 saturated heterocycles. The number of benzene rings is 2. The van der Waals surface area contributed by atoms with Crippen LogP contribution in [-0.4, -0.2) is 24.7 Å². The van der Waals surface area contributed by atoms with Crippen LogP contribution in [0.2, 0.25) is 0 Å². The maximum atomic E-state index is 13.1. The number of para-hydroxylation sites is 1. The van der Waals surface area contributed by atoms with E-state index in [1.807, 2.05) is 54.6 Å². The lowest BCUT2D eigenvalue weighted by molar-refractivity contribution is -0.121. The molecule has 1 aliphatic carbocycles. The zero-order chi connectivity index (χ0) is 20.9. The van der Waals surface area contributed by atoms with E-state index in [4.69, 9.17) is 4.99 Å². The summed E-state index contributed by atoms with van der Waals surface area (Å²) < 4.78 is 0. The highest BCUT2D eigenvalue weighted by molar-refractivity contribution is 6.45. The van der Waals surface area contributed by atoms with Crippen molar-refractivity contribution in [1.82, 2.24) is 5.32 Å². The van der Waals surface area contributed by atoms with Gasteiger partial charge in [0.15, 0.2) is 5.84 Å². The Bertz CT molecular complexity index is 932. The second-order valence-electron chi connectivity index (χ2n) is 8.30. The molecule has 5 nitrogen and oxygen atoms in total. The number of anilines is 1. The van der Waals surface area contributed by atoms with Gasteiger partial charge in [0.1, 0.15) is 6.04 Å². The Morgan fingerprint density at radius 2 is 1.73 bits per heavy atom. The Labute approximate surface area is 178 Å². The van der Waals surface area contributed by atoms with Crippen molar-refractivity contribution in [3.63, 3.8) is 0 Å². The SMILES string of the molecule is CN1C(=O)C(NC(=O)CCC2CCCCC2)=NC(c2ccccc2)c2ccccc21. The number of likely N-dealkylation sites (N-methyl/N-ethyl adjacent to an activating group) is 1. The van der Waals surface area contributed by atoms with Crippen molar-refractivity contribution in [2.24, 2.45) is 10.9 Å². The van der Waals surface area contributed by atoms with Gasteiger partial charge in [0.2, 0.25) is 5.91 Å². The summed E-state index contributed by atoms with van der Waals surface area (Å²) in [4.78, 5) is 32.1. The van der Waals surface area contributed by atoms with Gasteiger partial charge in [0.25, 0.3) is 5.91 Å². The van der Waals surface area contributed by atoms with Gasteiger partial charge in [0.05, 0.1) is 0 Å². The Morgan fingerprint density at radius 3 is 2.50 bits per heavy atom. The topological polar surface area (TPSA) is 61.8 Å². The fraction of sp³-hybridized carbons (Fsp3) is 0.400. The van der Waals surface area contributed by atoms with Gasteiger partial charge in [-0.2, -0.15) is 0 Å². The summed E-state index contributed by atoms with van der Waals surface area (Å²) in [5.41, 5.74) is 2.75. The van der Waals surface area contributed by atoms with Crippen molar-refractivity contribution in [3.05, 3.63) is 65.7 Å². The molecule has 4 rings (SSSR count). The molecule has 1 saturated carbocycles. The van der Waals surface area contributed by atoms with E-state index in [1.165, 1.54) is 32.1 Å². The Kier molecular flexibility index (Phi) is 6.26. The lowest BCUT2D eigenvalue weighted by Crippen LogP contribution is -2.43. The van der Waals surface area contributed by atoms with E-state index in [0.717, 1.165) is 23.2 Å². The summed E-state index contributed by atoms with van der Waals surface area (Å²) in [6.07, 6.45) is 7.57. The van der Waals surface area contributed by atoms with E-state index in [0.29, 0.717) is 12.3 Å². The molecule has 2 aromatic carbocycles. The van der Waals surface area contributed by atoms with Crippen LogP contribution < -0.4 is 10.2 Å². The molecule has 0 spiro atoms. The van der Waals surface area contributed by atoms with Gasteiger partial charge in [-0.15, -0.1) is 0 Å². The first kappa shape index (κ1) is 20.3. The Hall–Kier alpha value is -2.95. The minimum Gasteiger partial charge on any atom is -0.308 e. The molecule has 156 valence electrons. The molecule has 0 bridgehead atoms. The first-order chi connectivity index (χ1) is 14.6. The van der Waals surface area contributed by atoms with Crippen molar-refractivity contribution in [3.8, 4) is 0 Å². The second-order valence-corrected chi connectivity index (χ2v) is 8.30. The molecular weight excluding hydrogens is 374 g/mol. The van der Waals surface area contributed by atoms with Crippen molar-refractivity contribution in [2.45, 2.75) is 51.0 Å². The van der Waals surface area contributed by atoms with Gasteiger partial charge >= 0.3 is 0 Å². The molecule has 0 aromatic heterocycles. The Morgan fingerprint density at radius 1 is 1.03 bits per heavy atom. The minimum absolute atomic E-state index is 0.121. The standard InChI is InChI=1S/C25H29N3O2/c1-28-21-15-9-8-14-20(21)23(19-12-6-3-7-13-19)27-24(25(28)30)26-22(29)17-16-18-10-4-2-5-11-18/h3,6-9,12-15,18,23H,2,4-5,10-11,16-17H2,1H3,(H,26,27,29). The molecule has 2 amide bonds. The molecule has 1 heterocycles. The van der Waals surface area contributed by atoms with Gasteiger partial charge in [-0.25, -0.2) is 0 Å². The average molecular weight is 404 g/mol. The van der Waals surface area contributed by atoms with E-state index < -0.39 is 0 Å². The summed E-state index contributed by atoms with van der Waals surface area (Å²) in [5.74, 6) is 0.335. The summed E-state index contributed by atoms with van der Waals surface area (Å²) in [7, 11) is 1.73. The van der Waals surface area contributed by atoms with Crippen LogP contribution in [0.4, 0.5) is 5.69 Å². The zero-order valence-corrected chi connectivity index (χ0v) is 17.5. The predicted octanol–water partition coefficient (Wildman–Crippen LogP) is 4.63. The van der Waals surface area contributed by atoms with Crippen LogP contribution >= 0.6 is 0 Å². The molecule has 30 heavy (non-hydrogen) atoms. The molecule has 1 unspecified atom stereocenters. The predicted molar refractivity (Wildman–Crippen MR) is 120 cm³/mol. The molecular formula is C25H29N3O2. The van der Waals surface area contributed by atoms with E-state index in [1.54, 1.807) is 11.9 Å². The van der Waals surface area contributed by atoms with E-state index in [9.17, 15) is 9.59 Å². The third kappa shape index (κ3) is 4.45. The molecule has 1 fully saturated rings. The summed E-state index contributed by atoms with van der Waals surface area (Å²) in [6, 6.07) is 17.3. The van der Waals surface area contributed by atoms with Crippen molar-refractivity contribution in [1.29, 1.82) is 0 Å². The third-order valence-corrected chi connectivity index (χ3v) is 6.24. The number of hydrogen-bond donors (Lipinski definition) is 1. The van der Waals surface area contributed by atoms with Crippen LogP contribution in [0.5, 0.6) is 0 Å². The molecule has 0 radical (unpaired) electrons. The molecule has 1 atom stereocenters.